The van der Waals surface area contributed by atoms with Gasteiger partial charge in [-0.25, -0.2) is 0 Å². The van der Waals surface area contributed by atoms with E-state index in [4.69, 9.17) is 0 Å². The third kappa shape index (κ3) is 7.13. The Morgan fingerprint density at radius 3 is 1.51 bits per heavy atom. The van der Waals surface area contributed by atoms with Gasteiger partial charge in [-0.15, -0.1) is 0 Å². The monoisotopic (exact) mass is 906 g/mol. The topological polar surface area (TPSA) is 9.72 Å². The van der Waals surface area contributed by atoms with Crippen molar-refractivity contribution in [3.8, 4) is 0 Å². The van der Waals surface area contributed by atoms with E-state index < -0.39 is 0 Å². The predicted octanol–water partition coefficient (Wildman–Crippen LogP) is 16.1. The average Bonchev–Trinajstić information content (AvgIpc) is 3.59. The highest BCUT2D eigenvalue weighted by atomic mass is 15.2. The van der Waals surface area contributed by atoms with Crippen molar-refractivity contribution in [1.29, 1.82) is 0 Å². The van der Waals surface area contributed by atoms with Gasteiger partial charge in [0.2, 0.25) is 0 Å². The van der Waals surface area contributed by atoms with E-state index in [0.29, 0.717) is 0 Å². The van der Waals surface area contributed by atoms with Crippen molar-refractivity contribution in [2.45, 2.75) is 149 Å². The van der Waals surface area contributed by atoms with Crippen molar-refractivity contribution in [2.24, 2.45) is 0 Å². The number of nitrogens with zero attached hydrogens (tertiary/aromatic N) is 3. The number of benzene rings is 7. The van der Waals surface area contributed by atoms with Crippen LogP contribution in [0.15, 0.2) is 140 Å². The summed E-state index contributed by atoms with van der Waals surface area (Å²) in [5.74, 6) is 0. The lowest BCUT2D eigenvalue weighted by atomic mass is 9.33. The van der Waals surface area contributed by atoms with E-state index in [1.165, 1.54) is 89.5 Å². The van der Waals surface area contributed by atoms with Gasteiger partial charge in [-0.05, 0) is 180 Å². The molecule has 2 heterocycles. The lowest BCUT2D eigenvalue weighted by molar-refractivity contribution is 0.403. The molecule has 0 saturated carbocycles. The van der Waals surface area contributed by atoms with Crippen molar-refractivity contribution in [2.75, 3.05) is 14.7 Å². The quantitative estimate of drug-likeness (QED) is 0.159. The number of fused-ring (bicyclic) bond motifs is 6. The molecule has 0 bridgehead atoms. The molecule has 4 heteroatoms. The second-order valence-electron chi connectivity index (χ2n) is 25.9. The normalized spacial score (nSPS) is 17.8. The molecular formula is C65H72BN3. The number of hydrogen-bond acceptors (Lipinski definition) is 3. The molecule has 0 saturated heterocycles. The van der Waals surface area contributed by atoms with E-state index in [2.05, 4.69) is 258 Å². The Hall–Kier alpha value is -6.00. The van der Waals surface area contributed by atoms with Crippen LogP contribution in [0, 0.1) is 6.92 Å². The van der Waals surface area contributed by atoms with Gasteiger partial charge in [-0.2, -0.15) is 0 Å². The van der Waals surface area contributed by atoms with Crippen molar-refractivity contribution in [3.63, 3.8) is 0 Å². The number of rotatable bonds is 5. The van der Waals surface area contributed by atoms with E-state index in [-0.39, 0.29) is 39.2 Å². The third-order valence-corrected chi connectivity index (χ3v) is 16.6. The lowest BCUT2D eigenvalue weighted by Gasteiger charge is -2.46. The zero-order valence-corrected chi connectivity index (χ0v) is 44.1. The van der Waals surface area contributed by atoms with Crippen LogP contribution in [0.1, 0.15) is 149 Å². The molecule has 0 aromatic heterocycles. The Morgan fingerprint density at radius 2 is 0.928 bits per heavy atom. The molecule has 0 atom stereocenters. The summed E-state index contributed by atoms with van der Waals surface area (Å²) >= 11 is 0. The molecule has 3 nitrogen and oxygen atoms in total. The van der Waals surface area contributed by atoms with Crippen LogP contribution in [0.3, 0.4) is 0 Å². The largest absolute Gasteiger partial charge is 0.311 e. The maximum absolute atomic E-state index is 2.70. The fourth-order valence-corrected chi connectivity index (χ4v) is 13.6. The minimum Gasteiger partial charge on any atom is -0.311 e. The van der Waals surface area contributed by atoms with Crippen LogP contribution in [-0.2, 0) is 32.5 Å². The standard InChI is InChI=1S/C65H72BN3/c1-41-26-27-42(60(2,3)4)32-54(41)69-55-36-47(67(44-22-18-16-19-23-44)45-24-20-17-21-25-45)29-31-52(55)66-53-37-50-51(65(14,15)40-64(50,12)13)38-56(53)68(57-33-43(61(5,6)7)34-58(69)59(57)66)46-28-30-48-49(35-46)63(10,11)39-62(48,8)9/h16-38H,39-40H2,1-15H3. The molecule has 2 aliphatic heterocycles. The van der Waals surface area contributed by atoms with Crippen LogP contribution in [0.5, 0.6) is 0 Å². The van der Waals surface area contributed by atoms with Gasteiger partial charge in [0, 0.05) is 51.2 Å². The fourth-order valence-electron chi connectivity index (χ4n) is 13.6. The van der Waals surface area contributed by atoms with E-state index in [1.54, 1.807) is 0 Å². The first kappa shape index (κ1) is 45.4. The summed E-state index contributed by atoms with van der Waals surface area (Å²) in [5.41, 5.74) is 25.0. The summed E-state index contributed by atoms with van der Waals surface area (Å²) in [4.78, 5) is 7.79. The molecule has 4 aliphatic rings. The van der Waals surface area contributed by atoms with Gasteiger partial charge in [0.05, 0.1) is 0 Å². The van der Waals surface area contributed by atoms with Gasteiger partial charge in [-0.1, -0.05) is 164 Å². The maximum atomic E-state index is 2.70. The zero-order chi connectivity index (χ0) is 49.0. The van der Waals surface area contributed by atoms with E-state index >= 15 is 0 Å². The Bertz CT molecular complexity index is 3170. The summed E-state index contributed by atoms with van der Waals surface area (Å²) in [5, 5.41) is 0. The van der Waals surface area contributed by atoms with Crippen LogP contribution >= 0.6 is 0 Å². The highest BCUT2D eigenvalue weighted by molar-refractivity contribution is 7.00. The lowest BCUT2D eigenvalue weighted by Crippen LogP contribution is -2.61. The molecule has 350 valence electrons. The fraction of sp³-hybridized carbons (Fsp3) is 0.354. The predicted molar refractivity (Wildman–Crippen MR) is 299 cm³/mol. The number of hydrogen-bond donors (Lipinski definition) is 0. The van der Waals surface area contributed by atoms with Crippen LogP contribution in [-0.4, -0.2) is 6.71 Å². The highest BCUT2D eigenvalue weighted by Gasteiger charge is 2.49. The third-order valence-electron chi connectivity index (χ3n) is 16.6. The SMILES string of the molecule is Cc1ccc(C(C)(C)C)cc1N1c2cc(N(c3ccccc3)c3ccccc3)ccc2B2c3cc4c(cc3N(c3ccc5c(c3)C(C)(C)CC5(C)C)c3cc(C(C)(C)C)cc1c32)C(C)(C)CC4(C)C. The Morgan fingerprint density at radius 1 is 0.420 bits per heavy atom. The molecule has 0 N–H and O–H groups in total. The number of aryl methyl sites for hydroxylation is 1. The molecule has 0 unspecified atom stereocenters. The Labute approximate surface area is 414 Å². The minimum absolute atomic E-state index is 0.00168. The van der Waals surface area contributed by atoms with E-state index in [9.17, 15) is 0 Å². The molecule has 11 rings (SSSR count). The van der Waals surface area contributed by atoms with Crippen LogP contribution in [0.25, 0.3) is 0 Å². The van der Waals surface area contributed by atoms with Crippen LogP contribution < -0.4 is 31.1 Å². The average molecular weight is 906 g/mol. The van der Waals surface area contributed by atoms with Crippen molar-refractivity contribution >= 4 is 74.3 Å². The van der Waals surface area contributed by atoms with Crippen molar-refractivity contribution < 1.29 is 0 Å². The van der Waals surface area contributed by atoms with Gasteiger partial charge in [0.25, 0.3) is 6.71 Å². The van der Waals surface area contributed by atoms with Gasteiger partial charge < -0.3 is 14.7 Å². The summed E-state index contributed by atoms with van der Waals surface area (Å²) in [6, 6.07) is 54.3. The Balaban J connectivity index is 1.28. The van der Waals surface area contributed by atoms with Gasteiger partial charge in [0.1, 0.15) is 0 Å². The van der Waals surface area contributed by atoms with E-state index in [1.807, 2.05) is 0 Å². The smallest absolute Gasteiger partial charge is 0.252 e. The van der Waals surface area contributed by atoms with E-state index in [0.717, 1.165) is 29.9 Å². The molecule has 69 heavy (non-hydrogen) atoms. The van der Waals surface area contributed by atoms with Gasteiger partial charge >= 0.3 is 0 Å². The molecule has 0 spiro atoms. The van der Waals surface area contributed by atoms with Gasteiger partial charge in [-0.3, -0.25) is 0 Å². The highest BCUT2D eigenvalue weighted by Crippen LogP contribution is 2.55. The molecule has 0 fully saturated rings. The first-order valence-electron chi connectivity index (χ1n) is 25.6. The molecule has 7 aromatic carbocycles. The zero-order valence-electron chi connectivity index (χ0n) is 44.1. The van der Waals surface area contributed by atoms with Gasteiger partial charge in [0.15, 0.2) is 0 Å². The molecule has 0 amide bonds. The maximum Gasteiger partial charge on any atom is 0.252 e. The van der Waals surface area contributed by atoms with Crippen molar-refractivity contribution in [3.05, 3.63) is 178 Å². The van der Waals surface area contributed by atoms with Crippen LogP contribution in [0.2, 0.25) is 0 Å². The molecule has 0 radical (unpaired) electrons. The minimum atomic E-state index is -0.131. The Kier molecular flexibility index (Phi) is 9.88. The summed E-state index contributed by atoms with van der Waals surface area (Å²) < 4.78 is 0. The first-order chi connectivity index (χ1) is 32.4. The molecule has 2 aliphatic carbocycles. The number of anilines is 9. The van der Waals surface area contributed by atoms with Crippen LogP contribution in [0.4, 0.5) is 51.2 Å². The number of para-hydroxylation sites is 2. The second kappa shape index (κ2) is 15.0. The second-order valence-corrected chi connectivity index (χ2v) is 25.9. The summed E-state index contributed by atoms with van der Waals surface area (Å²) in [6.07, 6.45) is 2.25. The molecular weight excluding hydrogens is 834 g/mol. The summed E-state index contributed by atoms with van der Waals surface area (Å²) in [7, 11) is 0. The first-order valence-corrected chi connectivity index (χ1v) is 25.6. The van der Waals surface area contributed by atoms with Crippen molar-refractivity contribution in [1.82, 2.24) is 0 Å². The molecule has 7 aromatic rings. The summed E-state index contributed by atoms with van der Waals surface area (Å²) in [6.45, 7) is 36.2.